The molecule has 0 aliphatic heterocycles. The van der Waals surface area contributed by atoms with Crippen LogP contribution in [-0.2, 0) is 13.0 Å². The maximum atomic E-state index is 12.9. The van der Waals surface area contributed by atoms with Crippen molar-refractivity contribution in [2.75, 3.05) is 26.1 Å². The van der Waals surface area contributed by atoms with Gasteiger partial charge in [0.2, 0.25) is 0 Å². The number of ether oxygens (including phenoxy) is 2. The zero-order valence-electron chi connectivity index (χ0n) is 15.3. The molecule has 0 aliphatic rings. The van der Waals surface area contributed by atoms with Crippen LogP contribution in [0.25, 0.3) is 0 Å². The van der Waals surface area contributed by atoms with Crippen molar-refractivity contribution < 1.29 is 18.7 Å². The van der Waals surface area contributed by atoms with Gasteiger partial charge in [-0.3, -0.25) is 0 Å². The highest BCUT2D eigenvalue weighted by atomic mass is 32.1. The van der Waals surface area contributed by atoms with E-state index in [-0.39, 0.29) is 6.03 Å². The van der Waals surface area contributed by atoms with Crippen LogP contribution >= 0.6 is 11.3 Å². The van der Waals surface area contributed by atoms with Crippen LogP contribution in [0.5, 0.6) is 11.5 Å². The van der Waals surface area contributed by atoms with Crippen molar-refractivity contribution in [3.63, 3.8) is 0 Å². The lowest BCUT2D eigenvalue weighted by Crippen LogP contribution is -2.36. The number of thiophene rings is 1. The smallest absolute Gasteiger partial charge is 0.322 e. The molecule has 0 fully saturated rings. The molecule has 1 N–H and O–H groups in total. The number of rotatable bonds is 8. The van der Waals surface area contributed by atoms with Crippen molar-refractivity contribution in [1.29, 1.82) is 0 Å². The molecule has 0 unspecified atom stereocenters. The highest BCUT2D eigenvalue weighted by molar-refractivity contribution is 7.09. The SMILES string of the molecule is COc1cccc(NC(=O)N(CCc2cccs2)Cc2ccco2)c1OC. The Hall–Kier alpha value is -2.93. The van der Waals surface area contributed by atoms with Crippen LogP contribution in [0.2, 0.25) is 0 Å². The zero-order chi connectivity index (χ0) is 19.1. The summed E-state index contributed by atoms with van der Waals surface area (Å²) in [4.78, 5) is 15.9. The fraction of sp³-hybridized carbons (Fsp3) is 0.250. The normalized spacial score (nSPS) is 10.4. The second kappa shape index (κ2) is 9.14. The molecule has 6 nitrogen and oxygen atoms in total. The summed E-state index contributed by atoms with van der Waals surface area (Å²) in [6.45, 7) is 0.954. The van der Waals surface area contributed by atoms with Gasteiger partial charge in [-0.25, -0.2) is 4.79 Å². The fourth-order valence-electron chi connectivity index (χ4n) is 2.72. The monoisotopic (exact) mass is 386 g/mol. The number of anilines is 1. The number of hydrogen-bond donors (Lipinski definition) is 1. The molecule has 3 rings (SSSR count). The summed E-state index contributed by atoms with van der Waals surface area (Å²) < 4.78 is 16.1. The zero-order valence-corrected chi connectivity index (χ0v) is 16.1. The number of furan rings is 1. The predicted molar refractivity (Wildman–Crippen MR) is 106 cm³/mol. The maximum absolute atomic E-state index is 12.9. The average molecular weight is 386 g/mol. The number of carbonyl (C=O) groups is 1. The van der Waals surface area contributed by atoms with E-state index in [1.54, 1.807) is 54.9 Å². The molecule has 27 heavy (non-hydrogen) atoms. The molecule has 0 saturated carbocycles. The van der Waals surface area contributed by atoms with Gasteiger partial charge in [-0.1, -0.05) is 12.1 Å². The molecule has 0 atom stereocenters. The number of nitrogens with one attached hydrogen (secondary N) is 1. The van der Waals surface area contributed by atoms with Crippen molar-refractivity contribution in [3.05, 3.63) is 64.7 Å². The van der Waals surface area contributed by atoms with E-state index >= 15 is 0 Å². The highest BCUT2D eigenvalue weighted by Gasteiger charge is 2.19. The first-order chi connectivity index (χ1) is 13.2. The van der Waals surface area contributed by atoms with Gasteiger partial charge in [0.05, 0.1) is 32.7 Å². The molecule has 0 aliphatic carbocycles. The summed E-state index contributed by atoms with van der Waals surface area (Å²) in [6.07, 6.45) is 2.39. The number of para-hydroxylation sites is 1. The molecule has 0 saturated heterocycles. The Morgan fingerprint density at radius 1 is 1.15 bits per heavy atom. The molecule has 142 valence electrons. The third-order valence-electron chi connectivity index (χ3n) is 4.07. The second-order valence-corrected chi connectivity index (χ2v) is 6.83. The van der Waals surface area contributed by atoms with Gasteiger partial charge in [-0.05, 0) is 42.1 Å². The predicted octanol–water partition coefficient (Wildman–Crippen LogP) is 4.64. The van der Waals surface area contributed by atoms with Gasteiger partial charge in [-0.15, -0.1) is 11.3 Å². The molecular formula is C20H22N2O4S. The van der Waals surface area contributed by atoms with E-state index < -0.39 is 0 Å². The summed E-state index contributed by atoms with van der Waals surface area (Å²) in [5.74, 6) is 1.78. The van der Waals surface area contributed by atoms with E-state index in [2.05, 4.69) is 11.4 Å². The van der Waals surface area contributed by atoms with Crippen molar-refractivity contribution in [1.82, 2.24) is 4.90 Å². The molecule has 7 heteroatoms. The van der Waals surface area contributed by atoms with Gasteiger partial charge >= 0.3 is 6.03 Å². The first-order valence-corrected chi connectivity index (χ1v) is 9.41. The summed E-state index contributed by atoms with van der Waals surface area (Å²) in [7, 11) is 3.11. The van der Waals surface area contributed by atoms with Crippen LogP contribution in [0.3, 0.4) is 0 Å². The molecule has 0 spiro atoms. The fourth-order valence-corrected chi connectivity index (χ4v) is 3.42. The van der Waals surface area contributed by atoms with Crippen molar-refractivity contribution >= 4 is 23.1 Å². The first kappa shape index (κ1) is 18.8. The number of amides is 2. The van der Waals surface area contributed by atoms with Crippen molar-refractivity contribution in [2.45, 2.75) is 13.0 Å². The Morgan fingerprint density at radius 3 is 2.70 bits per heavy atom. The molecule has 0 bridgehead atoms. The van der Waals surface area contributed by atoms with Crippen molar-refractivity contribution in [2.24, 2.45) is 0 Å². The maximum Gasteiger partial charge on any atom is 0.322 e. The minimum atomic E-state index is -0.227. The van der Waals surface area contributed by atoms with E-state index in [4.69, 9.17) is 13.9 Å². The number of benzene rings is 1. The highest BCUT2D eigenvalue weighted by Crippen LogP contribution is 2.34. The van der Waals surface area contributed by atoms with Gasteiger partial charge in [0.15, 0.2) is 11.5 Å². The third kappa shape index (κ3) is 4.83. The van der Waals surface area contributed by atoms with E-state index in [0.29, 0.717) is 30.3 Å². The van der Waals surface area contributed by atoms with Crippen LogP contribution < -0.4 is 14.8 Å². The molecule has 0 radical (unpaired) electrons. The van der Waals surface area contributed by atoms with E-state index in [1.165, 1.54) is 4.88 Å². The standard InChI is InChI=1S/C20H22N2O4S/c1-24-18-9-3-8-17(19(18)25-2)21-20(23)22(14-15-6-4-12-26-15)11-10-16-7-5-13-27-16/h3-9,12-13H,10-11,14H2,1-2H3,(H,21,23). The van der Waals surface area contributed by atoms with Gasteiger partial charge in [0, 0.05) is 11.4 Å². The Balaban J connectivity index is 1.75. The van der Waals surface area contributed by atoms with Gasteiger partial charge < -0.3 is 24.1 Å². The average Bonchev–Trinajstić information content (AvgIpc) is 3.38. The van der Waals surface area contributed by atoms with E-state index in [9.17, 15) is 4.79 Å². The van der Waals surface area contributed by atoms with E-state index in [0.717, 1.165) is 12.2 Å². The quantitative estimate of drug-likeness (QED) is 0.613. The number of urea groups is 1. The number of carbonyl (C=O) groups excluding carboxylic acids is 1. The lowest BCUT2D eigenvalue weighted by atomic mass is 10.2. The second-order valence-electron chi connectivity index (χ2n) is 5.80. The molecule has 3 aromatic rings. The number of hydrogen-bond acceptors (Lipinski definition) is 5. The summed E-state index contributed by atoms with van der Waals surface area (Å²) in [6, 6.07) is 12.9. The summed E-state index contributed by atoms with van der Waals surface area (Å²) >= 11 is 1.68. The Kier molecular flexibility index (Phi) is 6.38. The minimum absolute atomic E-state index is 0.227. The van der Waals surface area contributed by atoms with Crippen LogP contribution in [0.15, 0.2) is 58.5 Å². The number of nitrogens with zero attached hydrogens (tertiary/aromatic N) is 1. The van der Waals surface area contributed by atoms with Gasteiger partial charge in [-0.2, -0.15) is 0 Å². The van der Waals surface area contributed by atoms with Crippen LogP contribution in [-0.4, -0.2) is 31.7 Å². The number of methoxy groups -OCH3 is 2. The van der Waals surface area contributed by atoms with Gasteiger partial charge in [0.1, 0.15) is 5.76 Å². The van der Waals surface area contributed by atoms with Crippen LogP contribution in [0, 0.1) is 0 Å². The summed E-state index contributed by atoms with van der Waals surface area (Å²) in [5.41, 5.74) is 0.558. The Bertz CT molecular complexity index is 847. The van der Waals surface area contributed by atoms with Crippen LogP contribution in [0.1, 0.15) is 10.6 Å². The topological polar surface area (TPSA) is 63.9 Å². The molecule has 1 aromatic carbocycles. The Morgan fingerprint density at radius 2 is 2.04 bits per heavy atom. The van der Waals surface area contributed by atoms with Gasteiger partial charge in [0.25, 0.3) is 0 Å². The largest absolute Gasteiger partial charge is 0.493 e. The molecule has 2 aromatic heterocycles. The lowest BCUT2D eigenvalue weighted by molar-refractivity contribution is 0.205. The van der Waals surface area contributed by atoms with Crippen LogP contribution in [0.4, 0.5) is 10.5 Å². The molecule has 2 heterocycles. The minimum Gasteiger partial charge on any atom is -0.493 e. The third-order valence-corrected chi connectivity index (χ3v) is 5.00. The first-order valence-electron chi connectivity index (χ1n) is 8.53. The summed E-state index contributed by atoms with van der Waals surface area (Å²) in [5, 5.41) is 4.96. The Labute approximate surface area is 162 Å². The van der Waals surface area contributed by atoms with Crippen molar-refractivity contribution in [3.8, 4) is 11.5 Å². The lowest BCUT2D eigenvalue weighted by Gasteiger charge is -2.23. The molecular weight excluding hydrogens is 364 g/mol. The molecule has 2 amide bonds. The van der Waals surface area contributed by atoms with E-state index in [1.807, 2.05) is 23.6 Å².